The van der Waals surface area contributed by atoms with Crippen LogP contribution in [0.15, 0.2) is 24.4 Å². The van der Waals surface area contributed by atoms with Crippen LogP contribution in [0.2, 0.25) is 0 Å². The molecule has 0 fully saturated rings. The average Bonchev–Trinajstić information content (AvgIpc) is 2.27. The van der Waals surface area contributed by atoms with Crippen molar-refractivity contribution in [2.75, 3.05) is 19.0 Å². The Morgan fingerprint density at radius 1 is 1.35 bits per heavy atom. The molecule has 17 heavy (non-hydrogen) atoms. The van der Waals surface area contributed by atoms with Crippen LogP contribution in [0.5, 0.6) is 0 Å². The second-order valence-corrected chi connectivity index (χ2v) is 4.19. The summed E-state index contributed by atoms with van der Waals surface area (Å²) in [7, 11) is 3.67. The first-order valence-electron chi connectivity index (χ1n) is 5.31. The number of anilines is 1. The van der Waals surface area contributed by atoms with Crippen molar-refractivity contribution < 1.29 is 9.90 Å². The molecule has 4 heteroatoms. The summed E-state index contributed by atoms with van der Waals surface area (Å²) < 4.78 is 0. The summed E-state index contributed by atoms with van der Waals surface area (Å²) >= 11 is 0. The smallest absolute Gasteiger partial charge is 0.339 e. The highest BCUT2D eigenvalue weighted by atomic mass is 16.4. The van der Waals surface area contributed by atoms with Gasteiger partial charge in [-0.25, -0.2) is 4.79 Å². The standard InChI is InChI=1S/C13H14N2O2/c1-8-5-4-6-9-11(8)14-7-10(13(16)17)12(9)15(2)3/h4-7H,1-3H3,(H,16,17). The lowest BCUT2D eigenvalue weighted by Gasteiger charge is -2.18. The van der Waals surface area contributed by atoms with Crippen LogP contribution in [-0.2, 0) is 0 Å². The van der Waals surface area contributed by atoms with E-state index >= 15 is 0 Å². The average molecular weight is 230 g/mol. The summed E-state index contributed by atoms with van der Waals surface area (Å²) in [6, 6.07) is 5.78. The molecule has 88 valence electrons. The number of aromatic nitrogens is 1. The summed E-state index contributed by atoms with van der Waals surface area (Å²) in [4.78, 5) is 17.2. The highest BCUT2D eigenvalue weighted by Crippen LogP contribution is 2.29. The molecule has 0 bridgehead atoms. The molecule has 0 saturated heterocycles. The van der Waals surface area contributed by atoms with Gasteiger partial charge >= 0.3 is 5.97 Å². The third-order valence-corrected chi connectivity index (χ3v) is 2.75. The molecule has 1 aromatic carbocycles. The number of rotatable bonds is 2. The van der Waals surface area contributed by atoms with Gasteiger partial charge in [0.2, 0.25) is 0 Å². The summed E-state index contributed by atoms with van der Waals surface area (Å²) in [5.74, 6) is -0.954. The summed E-state index contributed by atoms with van der Waals surface area (Å²) in [6.07, 6.45) is 1.42. The number of nitrogens with zero attached hydrogens (tertiary/aromatic N) is 2. The third kappa shape index (κ3) is 1.82. The molecular formula is C13H14N2O2. The molecule has 4 nitrogen and oxygen atoms in total. The van der Waals surface area contributed by atoms with E-state index in [2.05, 4.69) is 4.98 Å². The number of fused-ring (bicyclic) bond motifs is 1. The maximum atomic E-state index is 11.2. The Hall–Kier alpha value is -2.10. The Labute approximate surface area is 99.5 Å². The van der Waals surface area contributed by atoms with Gasteiger partial charge in [0.05, 0.1) is 11.2 Å². The predicted octanol–water partition coefficient (Wildman–Crippen LogP) is 2.31. The Morgan fingerprint density at radius 2 is 2.06 bits per heavy atom. The molecule has 1 aromatic heterocycles. The van der Waals surface area contributed by atoms with Crippen LogP contribution >= 0.6 is 0 Å². The first kappa shape index (κ1) is 11.4. The molecule has 2 rings (SSSR count). The van der Waals surface area contributed by atoms with Gasteiger partial charge in [-0.15, -0.1) is 0 Å². The molecule has 0 unspecified atom stereocenters. The van der Waals surface area contributed by atoms with E-state index in [-0.39, 0.29) is 5.56 Å². The van der Waals surface area contributed by atoms with Crippen LogP contribution in [0.25, 0.3) is 10.9 Å². The number of benzene rings is 1. The van der Waals surface area contributed by atoms with Crippen LogP contribution < -0.4 is 4.90 Å². The van der Waals surface area contributed by atoms with Gasteiger partial charge in [-0.2, -0.15) is 0 Å². The van der Waals surface area contributed by atoms with E-state index in [0.29, 0.717) is 5.69 Å². The monoisotopic (exact) mass is 230 g/mol. The van der Waals surface area contributed by atoms with E-state index in [1.807, 2.05) is 44.1 Å². The minimum Gasteiger partial charge on any atom is -0.478 e. The normalized spacial score (nSPS) is 10.5. The van der Waals surface area contributed by atoms with Gasteiger partial charge in [-0.05, 0) is 12.5 Å². The fraction of sp³-hybridized carbons (Fsp3) is 0.231. The first-order chi connectivity index (χ1) is 8.02. The van der Waals surface area contributed by atoms with Crippen molar-refractivity contribution in [1.82, 2.24) is 4.98 Å². The Bertz CT molecular complexity index is 591. The van der Waals surface area contributed by atoms with Crippen molar-refractivity contribution in [2.24, 2.45) is 0 Å². The van der Waals surface area contributed by atoms with Crippen molar-refractivity contribution in [1.29, 1.82) is 0 Å². The van der Waals surface area contributed by atoms with Gasteiger partial charge in [-0.1, -0.05) is 18.2 Å². The maximum absolute atomic E-state index is 11.2. The Morgan fingerprint density at radius 3 is 2.65 bits per heavy atom. The quantitative estimate of drug-likeness (QED) is 0.860. The molecule has 0 amide bonds. The number of para-hydroxylation sites is 1. The van der Waals surface area contributed by atoms with Crippen LogP contribution in [0.1, 0.15) is 15.9 Å². The Balaban J connectivity index is 2.89. The van der Waals surface area contributed by atoms with Gasteiger partial charge in [0.25, 0.3) is 0 Å². The number of hydrogen-bond donors (Lipinski definition) is 1. The molecule has 0 radical (unpaired) electrons. The van der Waals surface area contributed by atoms with Crippen molar-refractivity contribution in [3.05, 3.63) is 35.5 Å². The van der Waals surface area contributed by atoms with E-state index in [1.165, 1.54) is 6.20 Å². The van der Waals surface area contributed by atoms with Crippen molar-refractivity contribution in [2.45, 2.75) is 6.92 Å². The fourth-order valence-electron chi connectivity index (χ4n) is 2.00. The van der Waals surface area contributed by atoms with E-state index < -0.39 is 5.97 Å². The van der Waals surface area contributed by atoms with Crippen LogP contribution in [0.4, 0.5) is 5.69 Å². The molecule has 0 saturated carbocycles. The van der Waals surface area contributed by atoms with Gasteiger partial charge < -0.3 is 10.0 Å². The summed E-state index contributed by atoms with van der Waals surface area (Å²) in [5.41, 5.74) is 2.82. The third-order valence-electron chi connectivity index (χ3n) is 2.75. The largest absolute Gasteiger partial charge is 0.478 e. The SMILES string of the molecule is Cc1cccc2c(N(C)C)c(C(=O)O)cnc12. The van der Waals surface area contributed by atoms with E-state index in [9.17, 15) is 9.90 Å². The highest BCUT2D eigenvalue weighted by molar-refractivity contribution is 6.05. The topological polar surface area (TPSA) is 53.4 Å². The number of aryl methyl sites for hydroxylation is 1. The van der Waals surface area contributed by atoms with Crippen molar-refractivity contribution in [3.63, 3.8) is 0 Å². The summed E-state index contributed by atoms with van der Waals surface area (Å²) in [5, 5.41) is 10.0. The number of pyridine rings is 1. The molecule has 0 spiro atoms. The predicted molar refractivity (Wildman–Crippen MR) is 67.8 cm³/mol. The molecule has 1 heterocycles. The minimum absolute atomic E-state index is 0.230. The molecule has 0 atom stereocenters. The fourth-order valence-corrected chi connectivity index (χ4v) is 2.00. The number of carbonyl (C=O) groups is 1. The lowest BCUT2D eigenvalue weighted by atomic mass is 10.1. The molecule has 0 aliphatic heterocycles. The molecular weight excluding hydrogens is 216 g/mol. The van der Waals surface area contributed by atoms with Crippen LogP contribution in [0.3, 0.4) is 0 Å². The number of carboxylic acid groups (broad SMARTS) is 1. The lowest BCUT2D eigenvalue weighted by Crippen LogP contribution is -2.15. The first-order valence-corrected chi connectivity index (χ1v) is 5.31. The molecule has 1 N–H and O–H groups in total. The highest BCUT2D eigenvalue weighted by Gasteiger charge is 2.16. The lowest BCUT2D eigenvalue weighted by molar-refractivity contribution is 0.0697. The minimum atomic E-state index is -0.954. The van der Waals surface area contributed by atoms with Gasteiger partial charge in [-0.3, -0.25) is 4.98 Å². The van der Waals surface area contributed by atoms with E-state index in [0.717, 1.165) is 16.5 Å². The second-order valence-electron chi connectivity index (χ2n) is 4.19. The van der Waals surface area contributed by atoms with E-state index in [1.54, 1.807) is 0 Å². The van der Waals surface area contributed by atoms with Crippen molar-refractivity contribution >= 4 is 22.6 Å². The zero-order valence-corrected chi connectivity index (χ0v) is 10.1. The number of carboxylic acids is 1. The molecule has 0 aliphatic carbocycles. The molecule has 2 aromatic rings. The second kappa shape index (κ2) is 4.05. The number of hydrogen-bond acceptors (Lipinski definition) is 3. The molecule has 0 aliphatic rings. The van der Waals surface area contributed by atoms with Crippen LogP contribution in [-0.4, -0.2) is 30.2 Å². The maximum Gasteiger partial charge on any atom is 0.339 e. The number of aromatic carboxylic acids is 1. The van der Waals surface area contributed by atoms with Gasteiger partial charge in [0, 0.05) is 25.7 Å². The zero-order valence-electron chi connectivity index (χ0n) is 10.1. The Kier molecular flexibility index (Phi) is 2.71. The zero-order chi connectivity index (χ0) is 12.6. The van der Waals surface area contributed by atoms with Gasteiger partial charge in [0.1, 0.15) is 5.56 Å². The van der Waals surface area contributed by atoms with E-state index in [4.69, 9.17) is 0 Å². The van der Waals surface area contributed by atoms with Gasteiger partial charge in [0.15, 0.2) is 0 Å². The van der Waals surface area contributed by atoms with Crippen molar-refractivity contribution in [3.8, 4) is 0 Å². The van der Waals surface area contributed by atoms with Crippen LogP contribution in [0, 0.1) is 6.92 Å². The summed E-state index contributed by atoms with van der Waals surface area (Å²) in [6.45, 7) is 1.97.